The summed E-state index contributed by atoms with van der Waals surface area (Å²) in [6.07, 6.45) is 0.153. The van der Waals surface area contributed by atoms with E-state index in [1.54, 1.807) is 25.1 Å². The lowest BCUT2D eigenvalue weighted by Gasteiger charge is -2.09. The quantitative estimate of drug-likeness (QED) is 0.875. The van der Waals surface area contributed by atoms with E-state index in [0.29, 0.717) is 22.2 Å². The minimum absolute atomic E-state index is 0.212. The number of carbonyl (C=O) groups excluding carboxylic acids is 1. The lowest BCUT2D eigenvalue weighted by atomic mass is 10.2. The van der Waals surface area contributed by atoms with Crippen LogP contribution in [-0.4, -0.2) is 17.1 Å². The average molecular weight is 262 g/mol. The summed E-state index contributed by atoms with van der Waals surface area (Å²) in [5, 5.41) is 12.5. The Labute approximate surface area is 104 Å². The molecule has 1 aromatic carbocycles. The molecule has 1 aromatic rings. The lowest BCUT2D eigenvalue weighted by Crippen LogP contribution is -2.14. The van der Waals surface area contributed by atoms with Gasteiger partial charge >= 0.3 is 0 Å². The molecule has 0 aliphatic rings. The molecular formula is C11H13Cl2NO2. The zero-order valence-corrected chi connectivity index (χ0v) is 10.3. The molecule has 1 amide bonds. The largest absolute Gasteiger partial charge is 0.393 e. The van der Waals surface area contributed by atoms with Gasteiger partial charge in [-0.2, -0.15) is 0 Å². The Morgan fingerprint density at radius 3 is 2.50 bits per heavy atom. The normalized spacial score (nSPS) is 12.2. The van der Waals surface area contributed by atoms with Gasteiger partial charge in [0.2, 0.25) is 5.91 Å². The zero-order chi connectivity index (χ0) is 12.1. The van der Waals surface area contributed by atoms with Crippen LogP contribution in [0.4, 0.5) is 5.69 Å². The summed E-state index contributed by atoms with van der Waals surface area (Å²) >= 11 is 11.8. The topological polar surface area (TPSA) is 49.3 Å². The van der Waals surface area contributed by atoms with Crippen LogP contribution in [0.2, 0.25) is 10.0 Å². The number of hydrogen-bond acceptors (Lipinski definition) is 2. The molecule has 0 aromatic heterocycles. The number of para-hydroxylation sites is 1. The van der Waals surface area contributed by atoms with Crippen LogP contribution < -0.4 is 5.32 Å². The van der Waals surface area contributed by atoms with E-state index in [1.807, 2.05) is 0 Å². The molecule has 0 heterocycles. The van der Waals surface area contributed by atoms with Crippen molar-refractivity contribution < 1.29 is 9.90 Å². The van der Waals surface area contributed by atoms with E-state index in [2.05, 4.69) is 5.32 Å². The molecule has 0 fully saturated rings. The third-order valence-electron chi connectivity index (χ3n) is 2.02. The van der Waals surface area contributed by atoms with Gasteiger partial charge in [0, 0.05) is 6.42 Å². The van der Waals surface area contributed by atoms with E-state index in [9.17, 15) is 4.79 Å². The second kappa shape index (κ2) is 6.09. The van der Waals surface area contributed by atoms with Gasteiger partial charge in [-0.15, -0.1) is 0 Å². The Morgan fingerprint density at radius 1 is 1.44 bits per heavy atom. The van der Waals surface area contributed by atoms with Crippen molar-refractivity contribution in [1.29, 1.82) is 0 Å². The fourth-order valence-electron chi connectivity index (χ4n) is 1.16. The van der Waals surface area contributed by atoms with E-state index in [4.69, 9.17) is 28.3 Å². The molecule has 16 heavy (non-hydrogen) atoms. The first kappa shape index (κ1) is 13.3. The number of aliphatic hydroxyl groups is 1. The number of halogens is 2. The minimum Gasteiger partial charge on any atom is -0.393 e. The molecule has 0 saturated heterocycles. The van der Waals surface area contributed by atoms with Crippen LogP contribution in [0.1, 0.15) is 19.8 Å². The van der Waals surface area contributed by atoms with Gasteiger partial charge in [-0.1, -0.05) is 29.3 Å². The summed E-state index contributed by atoms with van der Waals surface area (Å²) in [6.45, 7) is 1.63. The third-order valence-corrected chi connectivity index (χ3v) is 2.65. The van der Waals surface area contributed by atoms with Gasteiger partial charge in [-0.25, -0.2) is 0 Å². The monoisotopic (exact) mass is 261 g/mol. The number of carbonyl (C=O) groups is 1. The fourth-order valence-corrected chi connectivity index (χ4v) is 1.65. The van der Waals surface area contributed by atoms with Crippen molar-refractivity contribution in [2.75, 3.05) is 5.32 Å². The highest BCUT2D eigenvalue weighted by molar-refractivity contribution is 6.39. The standard InChI is InChI=1S/C11H13Cl2NO2/c1-7(15)5-6-10(16)14-11-8(12)3-2-4-9(11)13/h2-4,7,15H,5-6H2,1H3,(H,14,16). The Hall–Kier alpha value is -0.770. The summed E-state index contributed by atoms with van der Waals surface area (Å²) in [4.78, 5) is 11.5. The molecule has 5 heteroatoms. The lowest BCUT2D eigenvalue weighted by molar-refractivity contribution is -0.116. The fraction of sp³-hybridized carbons (Fsp3) is 0.364. The summed E-state index contributed by atoms with van der Waals surface area (Å²) < 4.78 is 0. The average Bonchev–Trinajstić information content (AvgIpc) is 2.21. The maximum absolute atomic E-state index is 11.5. The first-order valence-corrected chi connectivity index (χ1v) is 5.68. The summed E-state index contributed by atoms with van der Waals surface area (Å²) in [5.41, 5.74) is 0.418. The molecular weight excluding hydrogens is 249 g/mol. The Morgan fingerprint density at radius 2 is 2.00 bits per heavy atom. The number of hydrogen-bond donors (Lipinski definition) is 2. The van der Waals surface area contributed by atoms with Crippen molar-refractivity contribution in [2.24, 2.45) is 0 Å². The number of benzene rings is 1. The molecule has 0 spiro atoms. The molecule has 88 valence electrons. The van der Waals surface area contributed by atoms with Gasteiger partial charge in [0.1, 0.15) is 0 Å². The molecule has 1 unspecified atom stereocenters. The van der Waals surface area contributed by atoms with Crippen LogP contribution >= 0.6 is 23.2 Å². The summed E-state index contributed by atoms with van der Waals surface area (Å²) in [7, 11) is 0. The Kier molecular flexibility index (Phi) is 5.06. The van der Waals surface area contributed by atoms with Gasteiger partial charge < -0.3 is 10.4 Å². The van der Waals surface area contributed by atoms with Gasteiger partial charge in [0.15, 0.2) is 0 Å². The first-order chi connectivity index (χ1) is 7.50. The molecule has 0 bridgehead atoms. The maximum atomic E-state index is 11.5. The highest BCUT2D eigenvalue weighted by atomic mass is 35.5. The number of amides is 1. The second-order valence-electron chi connectivity index (χ2n) is 3.53. The van der Waals surface area contributed by atoms with Crippen LogP contribution in [0.5, 0.6) is 0 Å². The number of anilines is 1. The number of nitrogens with one attached hydrogen (secondary N) is 1. The van der Waals surface area contributed by atoms with Crippen molar-refractivity contribution in [2.45, 2.75) is 25.9 Å². The van der Waals surface area contributed by atoms with Crippen LogP contribution in [0, 0.1) is 0 Å². The molecule has 0 radical (unpaired) electrons. The van der Waals surface area contributed by atoms with Gasteiger partial charge in [-0.05, 0) is 25.5 Å². The van der Waals surface area contributed by atoms with Crippen LogP contribution in [0.15, 0.2) is 18.2 Å². The Balaban J connectivity index is 2.63. The van der Waals surface area contributed by atoms with Crippen LogP contribution in [-0.2, 0) is 4.79 Å². The number of aliphatic hydroxyl groups excluding tert-OH is 1. The molecule has 1 atom stereocenters. The SMILES string of the molecule is CC(O)CCC(=O)Nc1c(Cl)cccc1Cl. The van der Waals surface area contributed by atoms with Crippen LogP contribution in [0.25, 0.3) is 0 Å². The van der Waals surface area contributed by atoms with Crippen LogP contribution in [0.3, 0.4) is 0 Å². The van der Waals surface area contributed by atoms with E-state index in [1.165, 1.54) is 0 Å². The molecule has 1 rings (SSSR count). The van der Waals surface area contributed by atoms with Crippen molar-refractivity contribution in [3.63, 3.8) is 0 Å². The smallest absolute Gasteiger partial charge is 0.224 e. The van der Waals surface area contributed by atoms with Crippen molar-refractivity contribution in [3.8, 4) is 0 Å². The molecule has 0 saturated carbocycles. The third kappa shape index (κ3) is 4.00. The van der Waals surface area contributed by atoms with Gasteiger partial charge in [0.05, 0.1) is 21.8 Å². The minimum atomic E-state index is -0.493. The molecule has 2 N–H and O–H groups in total. The van der Waals surface area contributed by atoms with E-state index >= 15 is 0 Å². The maximum Gasteiger partial charge on any atom is 0.224 e. The van der Waals surface area contributed by atoms with E-state index < -0.39 is 6.10 Å². The van der Waals surface area contributed by atoms with E-state index in [-0.39, 0.29) is 12.3 Å². The van der Waals surface area contributed by atoms with Crippen molar-refractivity contribution >= 4 is 34.8 Å². The van der Waals surface area contributed by atoms with Crippen molar-refractivity contribution in [3.05, 3.63) is 28.2 Å². The second-order valence-corrected chi connectivity index (χ2v) is 4.35. The van der Waals surface area contributed by atoms with Crippen molar-refractivity contribution in [1.82, 2.24) is 0 Å². The van der Waals surface area contributed by atoms with Gasteiger partial charge in [-0.3, -0.25) is 4.79 Å². The predicted molar refractivity (Wildman–Crippen MR) is 66.0 cm³/mol. The summed E-state index contributed by atoms with van der Waals surface area (Å²) in [5.74, 6) is -0.212. The molecule has 0 aliphatic heterocycles. The molecule has 3 nitrogen and oxygen atoms in total. The van der Waals surface area contributed by atoms with E-state index in [0.717, 1.165) is 0 Å². The zero-order valence-electron chi connectivity index (χ0n) is 8.84. The highest BCUT2D eigenvalue weighted by Crippen LogP contribution is 2.29. The molecule has 0 aliphatic carbocycles. The summed E-state index contributed by atoms with van der Waals surface area (Å²) in [6, 6.07) is 5.01. The predicted octanol–water partition coefficient (Wildman–Crippen LogP) is 3.09. The Bertz CT molecular complexity index is 360. The number of rotatable bonds is 4. The first-order valence-electron chi connectivity index (χ1n) is 4.92. The van der Waals surface area contributed by atoms with Gasteiger partial charge in [0.25, 0.3) is 0 Å². The highest BCUT2D eigenvalue weighted by Gasteiger charge is 2.10.